The van der Waals surface area contributed by atoms with E-state index in [1.54, 1.807) is 12.3 Å². The van der Waals surface area contributed by atoms with E-state index >= 15 is 0 Å². The number of rotatable bonds is 2. The number of nitrogens with one attached hydrogen (secondary N) is 1. The number of pyridine rings is 1. The third kappa shape index (κ3) is 3.40. The molecule has 1 aliphatic rings. The lowest BCUT2D eigenvalue weighted by molar-refractivity contribution is 0.0927. The Kier molecular flexibility index (Phi) is 4.36. The van der Waals surface area contributed by atoms with Gasteiger partial charge < -0.3 is 5.32 Å². The zero-order valence-corrected chi connectivity index (χ0v) is 11.5. The highest BCUT2D eigenvalue weighted by Crippen LogP contribution is 2.19. The van der Waals surface area contributed by atoms with Crippen LogP contribution in [0.15, 0.2) is 12.3 Å². The Labute approximate surface area is 109 Å². The van der Waals surface area contributed by atoms with Gasteiger partial charge in [0.2, 0.25) is 0 Å². The molecule has 1 N–H and O–H groups in total. The van der Waals surface area contributed by atoms with Gasteiger partial charge in [0.1, 0.15) is 5.15 Å². The fraction of sp³-hybridized carbons (Fsp3) is 0.500. The topological polar surface area (TPSA) is 42.0 Å². The maximum absolute atomic E-state index is 12.0. The Morgan fingerprint density at radius 2 is 2.12 bits per heavy atom. The molecule has 1 fully saturated rings. The molecule has 0 radical (unpaired) electrons. The van der Waals surface area contributed by atoms with E-state index < -0.39 is 0 Å². The van der Waals surface area contributed by atoms with Crippen molar-refractivity contribution >= 4 is 32.1 Å². The van der Waals surface area contributed by atoms with Crippen molar-refractivity contribution < 1.29 is 4.79 Å². The number of carbonyl (C=O) groups excluding carboxylic acids is 1. The molecule has 1 heterocycles. The summed E-state index contributed by atoms with van der Waals surface area (Å²) in [5.41, 5.74) is 0.463. The zero-order valence-electron chi connectivity index (χ0n) is 9.58. The molecule has 92 valence electrons. The second kappa shape index (κ2) is 5.79. The molecule has 1 aliphatic carbocycles. The lowest BCUT2D eigenvalue weighted by atomic mass is 9.95. The Morgan fingerprint density at radius 1 is 1.41 bits per heavy atom. The van der Waals surface area contributed by atoms with Gasteiger partial charge in [-0.25, -0.2) is 4.98 Å². The fourth-order valence-electron chi connectivity index (χ4n) is 2.13. The molecular formula is C12H16ClN2OP. The van der Waals surface area contributed by atoms with Gasteiger partial charge in [-0.05, 0) is 24.2 Å². The minimum Gasteiger partial charge on any atom is -0.349 e. The maximum Gasteiger partial charge on any atom is 0.254 e. The first-order valence-electron chi connectivity index (χ1n) is 5.88. The van der Waals surface area contributed by atoms with Gasteiger partial charge in [0.15, 0.2) is 0 Å². The Morgan fingerprint density at radius 3 is 2.82 bits per heavy atom. The third-order valence-electron chi connectivity index (χ3n) is 3.05. The quantitative estimate of drug-likeness (QED) is 0.662. The first kappa shape index (κ1) is 12.8. The second-order valence-electron chi connectivity index (χ2n) is 4.42. The van der Waals surface area contributed by atoms with E-state index in [9.17, 15) is 4.79 Å². The number of halogens is 1. The van der Waals surface area contributed by atoms with Crippen molar-refractivity contribution in [3.63, 3.8) is 0 Å². The number of carbonyl (C=O) groups is 1. The molecule has 1 amide bonds. The van der Waals surface area contributed by atoms with Crippen LogP contribution in [0.2, 0.25) is 5.15 Å². The Balaban J connectivity index is 2.05. The Hall–Kier alpha value is -0.660. The normalized spacial score (nSPS) is 16.8. The van der Waals surface area contributed by atoms with Crippen molar-refractivity contribution in [3.05, 3.63) is 23.0 Å². The Bertz CT molecular complexity index is 419. The number of hydrogen-bond donors (Lipinski definition) is 1. The van der Waals surface area contributed by atoms with Crippen molar-refractivity contribution in [1.82, 2.24) is 10.3 Å². The molecule has 1 atom stereocenters. The predicted octanol–water partition coefficient (Wildman–Crippen LogP) is 2.30. The fourth-order valence-corrected chi connectivity index (χ4v) is 2.56. The predicted molar refractivity (Wildman–Crippen MR) is 72.9 cm³/mol. The minimum absolute atomic E-state index is 0.112. The third-order valence-corrected chi connectivity index (χ3v) is 3.66. The largest absolute Gasteiger partial charge is 0.349 e. The molecule has 0 saturated heterocycles. The number of amides is 1. The number of aromatic nitrogens is 1. The molecule has 5 heteroatoms. The van der Waals surface area contributed by atoms with Gasteiger partial charge >= 0.3 is 0 Å². The number of hydrogen-bond acceptors (Lipinski definition) is 2. The van der Waals surface area contributed by atoms with Gasteiger partial charge in [-0.3, -0.25) is 4.79 Å². The van der Waals surface area contributed by atoms with Crippen LogP contribution in [0.1, 0.15) is 42.5 Å². The van der Waals surface area contributed by atoms with E-state index in [1.165, 1.54) is 19.3 Å². The lowest BCUT2D eigenvalue weighted by Crippen LogP contribution is -2.36. The summed E-state index contributed by atoms with van der Waals surface area (Å²) in [5.74, 6) is -0.112. The van der Waals surface area contributed by atoms with E-state index in [4.69, 9.17) is 11.6 Å². The van der Waals surface area contributed by atoms with E-state index in [2.05, 4.69) is 19.5 Å². The van der Waals surface area contributed by atoms with Gasteiger partial charge in [-0.15, -0.1) is 9.24 Å². The van der Waals surface area contributed by atoms with Gasteiger partial charge in [-0.1, -0.05) is 30.9 Å². The summed E-state index contributed by atoms with van der Waals surface area (Å²) in [6.45, 7) is 0. The van der Waals surface area contributed by atoms with Crippen molar-refractivity contribution in [2.24, 2.45) is 0 Å². The molecule has 2 rings (SSSR count). The zero-order chi connectivity index (χ0) is 12.3. The summed E-state index contributed by atoms with van der Waals surface area (Å²) in [5, 5.41) is 4.16. The molecule has 0 bridgehead atoms. The van der Waals surface area contributed by atoms with Gasteiger partial charge in [0.25, 0.3) is 5.91 Å². The van der Waals surface area contributed by atoms with Crippen LogP contribution in [-0.4, -0.2) is 16.9 Å². The average molecular weight is 271 g/mol. The highest BCUT2D eigenvalue weighted by atomic mass is 35.5. The highest BCUT2D eigenvalue weighted by molar-refractivity contribution is 7.27. The van der Waals surface area contributed by atoms with Crippen molar-refractivity contribution in [1.29, 1.82) is 0 Å². The van der Waals surface area contributed by atoms with E-state index in [1.807, 2.05) is 0 Å². The molecule has 1 aromatic rings. The van der Waals surface area contributed by atoms with Gasteiger partial charge in [0, 0.05) is 12.2 Å². The summed E-state index contributed by atoms with van der Waals surface area (Å²) < 4.78 is 0. The van der Waals surface area contributed by atoms with Crippen molar-refractivity contribution in [3.8, 4) is 0 Å². The van der Waals surface area contributed by atoms with Crippen molar-refractivity contribution in [2.45, 2.75) is 38.1 Å². The maximum atomic E-state index is 12.0. The van der Waals surface area contributed by atoms with E-state index in [0.717, 1.165) is 18.1 Å². The molecule has 0 aliphatic heterocycles. The summed E-state index contributed by atoms with van der Waals surface area (Å²) in [7, 11) is 2.52. The molecule has 3 nitrogen and oxygen atoms in total. The molecular weight excluding hydrogens is 255 g/mol. The van der Waals surface area contributed by atoms with Crippen LogP contribution in [0.3, 0.4) is 0 Å². The minimum atomic E-state index is -0.112. The molecule has 0 spiro atoms. The average Bonchev–Trinajstić information content (AvgIpc) is 2.33. The van der Waals surface area contributed by atoms with Crippen LogP contribution in [0.4, 0.5) is 0 Å². The summed E-state index contributed by atoms with van der Waals surface area (Å²) >= 11 is 5.93. The highest BCUT2D eigenvalue weighted by Gasteiger charge is 2.18. The molecule has 17 heavy (non-hydrogen) atoms. The lowest BCUT2D eigenvalue weighted by Gasteiger charge is -2.22. The smallest absolute Gasteiger partial charge is 0.254 e. The summed E-state index contributed by atoms with van der Waals surface area (Å²) in [6, 6.07) is 2.04. The van der Waals surface area contributed by atoms with Gasteiger partial charge in [-0.2, -0.15) is 0 Å². The first-order chi connectivity index (χ1) is 8.16. The SMILES string of the molecule is O=C(NC1CCCCC1)c1cc(P)cnc1Cl. The summed E-state index contributed by atoms with van der Waals surface area (Å²) in [6.07, 6.45) is 7.43. The van der Waals surface area contributed by atoms with E-state index in [0.29, 0.717) is 11.6 Å². The number of nitrogens with zero attached hydrogens (tertiary/aromatic N) is 1. The van der Waals surface area contributed by atoms with Crippen LogP contribution in [0.25, 0.3) is 0 Å². The molecule has 1 aromatic heterocycles. The second-order valence-corrected chi connectivity index (χ2v) is 5.44. The van der Waals surface area contributed by atoms with Crippen LogP contribution < -0.4 is 10.6 Å². The van der Waals surface area contributed by atoms with Crippen LogP contribution in [0.5, 0.6) is 0 Å². The first-order valence-corrected chi connectivity index (χ1v) is 6.84. The van der Waals surface area contributed by atoms with Crippen LogP contribution in [-0.2, 0) is 0 Å². The summed E-state index contributed by atoms with van der Waals surface area (Å²) in [4.78, 5) is 16.0. The van der Waals surface area contributed by atoms with E-state index in [-0.39, 0.29) is 11.1 Å². The van der Waals surface area contributed by atoms with Crippen LogP contribution in [0, 0.1) is 0 Å². The van der Waals surface area contributed by atoms with Crippen LogP contribution >= 0.6 is 20.8 Å². The molecule has 0 aromatic carbocycles. The molecule has 1 unspecified atom stereocenters. The monoisotopic (exact) mass is 270 g/mol. The standard InChI is InChI=1S/C12H16ClN2OP/c13-11-10(6-9(17)7-14-11)12(16)15-8-4-2-1-3-5-8/h6-8H,1-5,17H2,(H,15,16). The van der Waals surface area contributed by atoms with Crippen molar-refractivity contribution in [2.75, 3.05) is 0 Å². The van der Waals surface area contributed by atoms with Gasteiger partial charge in [0.05, 0.1) is 5.56 Å². The molecule has 1 saturated carbocycles.